The van der Waals surface area contributed by atoms with Crippen molar-refractivity contribution in [2.24, 2.45) is 0 Å². The lowest BCUT2D eigenvalue weighted by Crippen LogP contribution is -2.08. The van der Waals surface area contributed by atoms with Crippen molar-refractivity contribution >= 4 is 10.9 Å². The molecule has 0 fully saturated rings. The lowest BCUT2D eigenvalue weighted by molar-refractivity contribution is 0.217. The van der Waals surface area contributed by atoms with Gasteiger partial charge in [-0.2, -0.15) is 5.10 Å². The Kier molecular flexibility index (Phi) is 3.32. The molecule has 4 nitrogen and oxygen atoms in total. The number of hydrogen-bond donors (Lipinski definition) is 1. The van der Waals surface area contributed by atoms with Crippen molar-refractivity contribution in [3.63, 3.8) is 0 Å². The predicted octanol–water partition coefficient (Wildman–Crippen LogP) is 3.02. The largest absolute Gasteiger partial charge is 0.490 e. The van der Waals surface area contributed by atoms with Crippen LogP contribution in [0.2, 0.25) is 0 Å². The van der Waals surface area contributed by atoms with Crippen LogP contribution in [0.15, 0.2) is 54.7 Å². The molecule has 0 atom stereocenters. The second kappa shape index (κ2) is 5.44. The van der Waals surface area contributed by atoms with Gasteiger partial charge in [0.2, 0.25) is 0 Å². The van der Waals surface area contributed by atoms with E-state index in [1.54, 1.807) is 6.20 Å². The van der Waals surface area contributed by atoms with E-state index in [9.17, 15) is 0 Å². The standard InChI is InChI=1S/C15H14N2O2/c1-2-4-13(5-3-1)18-8-9-19-14-6-7-15-12(10-14)11-16-17-15/h1-7,10-11H,8-9H2,(H,16,17). The Labute approximate surface area is 111 Å². The first kappa shape index (κ1) is 11.6. The summed E-state index contributed by atoms with van der Waals surface area (Å²) in [5.41, 5.74) is 1.01. The monoisotopic (exact) mass is 254 g/mol. The summed E-state index contributed by atoms with van der Waals surface area (Å²) < 4.78 is 11.2. The van der Waals surface area contributed by atoms with Crippen LogP contribution in [0.5, 0.6) is 11.5 Å². The number of hydrogen-bond acceptors (Lipinski definition) is 3. The Hall–Kier alpha value is -2.49. The number of para-hydroxylation sites is 1. The molecule has 19 heavy (non-hydrogen) atoms. The molecule has 3 aromatic rings. The molecule has 0 spiro atoms. The number of nitrogens with zero attached hydrogens (tertiary/aromatic N) is 1. The van der Waals surface area contributed by atoms with Crippen molar-refractivity contribution < 1.29 is 9.47 Å². The third-order valence-corrected chi connectivity index (χ3v) is 2.78. The van der Waals surface area contributed by atoms with Gasteiger partial charge in [0.15, 0.2) is 0 Å². The minimum Gasteiger partial charge on any atom is -0.490 e. The molecule has 1 heterocycles. The summed E-state index contributed by atoms with van der Waals surface area (Å²) in [6.45, 7) is 1.03. The normalized spacial score (nSPS) is 10.5. The van der Waals surface area contributed by atoms with Crippen LogP contribution in [0.1, 0.15) is 0 Å². The molecule has 0 saturated carbocycles. The van der Waals surface area contributed by atoms with Crippen molar-refractivity contribution in [2.75, 3.05) is 13.2 Å². The predicted molar refractivity (Wildman–Crippen MR) is 73.5 cm³/mol. The van der Waals surface area contributed by atoms with Gasteiger partial charge >= 0.3 is 0 Å². The molecule has 0 radical (unpaired) electrons. The van der Waals surface area contributed by atoms with Crippen molar-refractivity contribution in [1.82, 2.24) is 10.2 Å². The third kappa shape index (κ3) is 2.85. The van der Waals surface area contributed by atoms with Crippen LogP contribution >= 0.6 is 0 Å². The SMILES string of the molecule is c1ccc(OCCOc2ccc3[nH]ncc3c2)cc1. The maximum atomic E-state index is 5.64. The van der Waals surface area contributed by atoms with E-state index in [0.29, 0.717) is 13.2 Å². The molecular formula is C15H14N2O2. The summed E-state index contributed by atoms with van der Waals surface area (Å²) in [6.07, 6.45) is 1.78. The van der Waals surface area contributed by atoms with E-state index >= 15 is 0 Å². The fourth-order valence-corrected chi connectivity index (χ4v) is 1.85. The molecular weight excluding hydrogens is 240 g/mol. The second-order valence-corrected chi connectivity index (χ2v) is 4.13. The van der Waals surface area contributed by atoms with E-state index in [1.807, 2.05) is 48.5 Å². The van der Waals surface area contributed by atoms with E-state index in [4.69, 9.17) is 9.47 Å². The number of aromatic nitrogens is 2. The number of nitrogens with one attached hydrogen (secondary N) is 1. The fraction of sp³-hybridized carbons (Fsp3) is 0.133. The van der Waals surface area contributed by atoms with Crippen molar-refractivity contribution in [3.05, 3.63) is 54.7 Å². The Morgan fingerprint density at radius 3 is 2.53 bits per heavy atom. The van der Waals surface area contributed by atoms with Gasteiger partial charge in [-0.25, -0.2) is 0 Å². The number of rotatable bonds is 5. The van der Waals surface area contributed by atoms with Crippen LogP contribution in [0.25, 0.3) is 10.9 Å². The number of benzene rings is 2. The van der Waals surface area contributed by atoms with Crippen molar-refractivity contribution in [1.29, 1.82) is 0 Å². The van der Waals surface area contributed by atoms with Gasteiger partial charge in [0.1, 0.15) is 24.7 Å². The second-order valence-electron chi connectivity index (χ2n) is 4.13. The molecule has 0 saturated heterocycles. The molecule has 3 rings (SSSR count). The van der Waals surface area contributed by atoms with Gasteiger partial charge < -0.3 is 9.47 Å². The zero-order chi connectivity index (χ0) is 12.9. The molecule has 1 aromatic heterocycles. The summed E-state index contributed by atoms with van der Waals surface area (Å²) >= 11 is 0. The van der Waals surface area contributed by atoms with E-state index in [2.05, 4.69) is 10.2 Å². The van der Waals surface area contributed by atoms with Crippen LogP contribution in [-0.4, -0.2) is 23.4 Å². The molecule has 96 valence electrons. The lowest BCUT2D eigenvalue weighted by Gasteiger charge is -2.08. The summed E-state index contributed by atoms with van der Waals surface area (Å²) in [7, 11) is 0. The van der Waals surface area contributed by atoms with Crippen molar-refractivity contribution in [2.45, 2.75) is 0 Å². The quantitative estimate of drug-likeness (QED) is 0.712. The lowest BCUT2D eigenvalue weighted by atomic mass is 10.2. The van der Waals surface area contributed by atoms with E-state index in [1.165, 1.54) is 0 Å². The van der Waals surface area contributed by atoms with Crippen LogP contribution < -0.4 is 9.47 Å². The highest BCUT2D eigenvalue weighted by atomic mass is 16.5. The summed E-state index contributed by atoms with van der Waals surface area (Å²) in [6, 6.07) is 15.5. The zero-order valence-corrected chi connectivity index (χ0v) is 10.4. The molecule has 0 bridgehead atoms. The first-order valence-electron chi connectivity index (χ1n) is 6.15. The smallest absolute Gasteiger partial charge is 0.122 e. The van der Waals surface area contributed by atoms with Crippen LogP contribution in [0.4, 0.5) is 0 Å². The molecule has 2 aromatic carbocycles. The van der Waals surface area contributed by atoms with Gasteiger partial charge in [0.25, 0.3) is 0 Å². The topological polar surface area (TPSA) is 47.1 Å². The molecule has 0 aliphatic heterocycles. The Morgan fingerprint density at radius 1 is 0.895 bits per heavy atom. The summed E-state index contributed by atoms with van der Waals surface area (Å²) in [5.74, 6) is 1.68. The first-order valence-corrected chi connectivity index (χ1v) is 6.15. The number of ether oxygens (including phenoxy) is 2. The Morgan fingerprint density at radius 2 is 1.68 bits per heavy atom. The van der Waals surface area contributed by atoms with Crippen LogP contribution in [0.3, 0.4) is 0 Å². The van der Waals surface area contributed by atoms with Crippen molar-refractivity contribution in [3.8, 4) is 11.5 Å². The minimum atomic E-state index is 0.512. The molecule has 0 aliphatic rings. The average molecular weight is 254 g/mol. The zero-order valence-electron chi connectivity index (χ0n) is 10.4. The highest BCUT2D eigenvalue weighted by Crippen LogP contribution is 2.18. The van der Waals surface area contributed by atoms with Gasteiger partial charge in [-0.15, -0.1) is 0 Å². The van der Waals surface area contributed by atoms with Gasteiger partial charge in [0.05, 0.1) is 11.7 Å². The van der Waals surface area contributed by atoms with Gasteiger partial charge in [-0.1, -0.05) is 18.2 Å². The summed E-state index contributed by atoms with van der Waals surface area (Å²) in [5, 5.41) is 7.92. The van der Waals surface area contributed by atoms with Crippen LogP contribution in [0, 0.1) is 0 Å². The summed E-state index contributed by atoms with van der Waals surface area (Å²) in [4.78, 5) is 0. The minimum absolute atomic E-state index is 0.512. The average Bonchev–Trinajstić information content (AvgIpc) is 2.92. The van der Waals surface area contributed by atoms with Crippen LogP contribution in [-0.2, 0) is 0 Å². The fourth-order valence-electron chi connectivity index (χ4n) is 1.85. The molecule has 1 N–H and O–H groups in total. The Balaban J connectivity index is 1.52. The highest BCUT2D eigenvalue weighted by molar-refractivity contribution is 5.79. The Bertz CT molecular complexity index is 649. The molecule has 0 aliphatic carbocycles. The van der Waals surface area contributed by atoms with E-state index < -0.39 is 0 Å². The van der Waals surface area contributed by atoms with Gasteiger partial charge in [0, 0.05) is 5.39 Å². The number of H-pyrrole nitrogens is 1. The highest BCUT2D eigenvalue weighted by Gasteiger charge is 1.99. The van der Waals surface area contributed by atoms with E-state index in [0.717, 1.165) is 22.4 Å². The number of aromatic amines is 1. The van der Waals surface area contributed by atoms with E-state index in [-0.39, 0.29) is 0 Å². The molecule has 0 unspecified atom stereocenters. The molecule has 0 amide bonds. The third-order valence-electron chi connectivity index (χ3n) is 2.78. The van der Waals surface area contributed by atoms with Gasteiger partial charge in [-0.3, -0.25) is 5.10 Å². The first-order chi connectivity index (χ1) is 9.42. The van der Waals surface area contributed by atoms with Gasteiger partial charge in [-0.05, 0) is 30.3 Å². The number of fused-ring (bicyclic) bond motifs is 1. The molecule has 4 heteroatoms. The maximum Gasteiger partial charge on any atom is 0.122 e. The maximum absolute atomic E-state index is 5.64.